The summed E-state index contributed by atoms with van der Waals surface area (Å²) in [5.74, 6) is 0. The molecule has 0 aromatic carbocycles. The molecule has 6 nitrogen and oxygen atoms in total. The Kier molecular flexibility index (Phi) is 6.51. The highest BCUT2D eigenvalue weighted by Gasteiger charge is 2.32. The molecule has 0 amide bonds. The normalized spacial score (nSPS) is 20.9. The van der Waals surface area contributed by atoms with Crippen LogP contribution in [0.2, 0.25) is 0 Å². The Labute approximate surface area is 110 Å². The summed E-state index contributed by atoms with van der Waals surface area (Å²) in [6, 6.07) is -0.138. The summed E-state index contributed by atoms with van der Waals surface area (Å²) in [7, 11) is -1.78. The highest BCUT2D eigenvalue weighted by atomic mass is 32.2. The first-order valence-corrected chi connectivity index (χ1v) is 7.90. The molecule has 0 bridgehead atoms. The van der Waals surface area contributed by atoms with E-state index in [9.17, 15) is 8.42 Å². The molecule has 1 aliphatic heterocycles. The maximum Gasteiger partial charge on any atom is 0.282 e. The van der Waals surface area contributed by atoms with Gasteiger partial charge in [0.2, 0.25) is 0 Å². The van der Waals surface area contributed by atoms with Gasteiger partial charge in [0.05, 0.1) is 6.61 Å². The van der Waals surface area contributed by atoms with E-state index < -0.39 is 10.2 Å². The molecule has 0 aromatic heterocycles. The highest BCUT2D eigenvalue weighted by molar-refractivity contribution is 7.86. The lowest BCUT2D eigenvalue weighted by Gasteiger charge is -2.32. The van der Waals surface area contributed by atoms with Crippen LogP contribution in [0.4, 0.5) is 0 Å². The lowest BCUT2D eigenvalue weighted by Crippen LogP contribution is -2.49. The quantitative estimate of drug-likeness (QED) is 0.736. The molecule has 1 saturated heterocycles. The average molecular weight is 279 g/mol. The van der Waals surface area contributed by atoms with Crippen molar-refractivity contribution in [1.82, 2.24) is 13.9 Å². The van der Waals surface area contributed by atoms with Gasteiger partial charge in [-0.25, -0.2) is 0 Å². The van der Waals surface area contributed by atoms with Gasteiger partial charge >= 0.3 is 0 Å². The van der Waals surface area contributed by atoms with Gasteiger partial charge < -0.3 is 10.1 Å². The fraction of sp³-hybridized carbons (Fsp3) is 1.00. The lowest BCUT2D eigenvalue weighted by atomic mass is 10.4. The lowest BCUT2D eigenvalue weighted by molar-refractivity contribution is 0.139. The van der Waals surface area contributed by atoms with Gasteiger partial charge in [0.1, 0.15) is 0 Å². The molecule has 0 saturated carbocycles. The molecule has 0 spiro atoms. The number of likely N-dealkylation sites (N-methyl/N-ethyl adjacent to an activating group) is 1. The maximum atomic E-state index is 12.6. The second-order valence-corrected chi connectivity index (χ2v) is 6.40. The molecule has 108 valence electrons. The minimum absolute atomic E-state index is 0.138. The topological polar surface area (TPSA) is 61.9 Å². The predicted molar refractivity (Wildman–Crippen MR) is 71.7 cm³/mol. The van der Waals surface area contributed by atoms with Gasteiger partial charge in [-0.05, 0) is 19.9 Å². The van der Waals surface area contributed by atoms with E-state index in [4.69, 9.17) is 4.74 Å². The third kappa shape index (κ3) is 3.89. The number of ether oxygens (including phenoxy) is 1. The van der Waals surface area contributed by atoms with Crippen LogP contribution in [0.3, 0.4) is 0 Å². The van der Waals surface area contributed by atoms with E-state index in [2.05, 4.69) is 5.32 Å². The van der Waals surface area contributed by atoms with Gasteiger partial charge in [-0.15, -0.1) is 0 Å². The van der Waals surface area contributed by atoms with E-state index >= 15 is 0 Å². The van der Waals surface area contributed by atoms with Crippen molar-refractivity contribution in [3.05, 3.63) is 0 Å². The standard InChI is InChI=1S/C11H25N3O3S/c1-4-14(11(2)10-17-3)18(15,16)13-8-5-6-12-7-9-13/h11-12H,4-10H2,1-3H3. The van der Waals surface area contributed by atoms with Gasteiger partial charge in [0, 0.05) is 39.3 Å². The Balaban J connectivity index is 2.80. The van der Waals surface area contributed by atoms with Crippen molar-refractivity contribution in [2.45, 2.75) is 26.3 Å². The first-order chi connectivity index (χ1) is 8.54. The van der Waals surface area contributed by atoms with Gasteiger partial charge in [-0.3, -0.25) is 0 Å². The first kappa shape index (κ1) is 15.8. The summed E-state index contributed by atoms with van der Waals surface area (Å²) < 4.78 is 33.3. The van der Waals surface area contributed by atoms with E-state index in [0.717, 1.165) is 19.5 Å². The molecule has 1 atom stereocenters. The molecule has 1 unspecified atom stereocenters. The van der Waals surface area contributed by atoms with Crippen molar-refractivity contribution in [3.63, 3.8) is 0 Å². The van der Waals surface area contributed by atoms with Crippen molar-refractivity contribution in [2.24, 2.45) is 0 Å². The van der Waals surface area contributed by atoms with E-state index in [-0.39, 0.29) is 6.04 Å². The number of rotatable bonds is 6. The number of nitrogens with zero attached hydrogens (tertiary/aromatic N) is 2. The van der Waals surface area contributed by atoms with Crippen molar-refractivity contribution >= 4 is 10.2 Å². The van der Waals surface area contributed by atoms with Crippen LogP contribution in [0.1, 0.15) is 20.3 Å². The SMILES string of the molecule is CCN(C(C)COC)S(=O)(=O)N1CCCNCC1. The zero-order chi connectivity index (χ0) is 13.6. The summed E-state index contributed by atoms with van der Waals surface area (Å²) in [5.41, 5.74) is 0. The van der Waals surface area contributed by atoms with Gasteiger partial charge in [-0.1, -0.05) is 6.92 Å². The minimum Gasteiger partial charge on any atom is -0.383 e. The molecule has 0 aliphatic carbocycles. The fourth-order valence-corrected chi connectivity index (χ4v) is 4.05. The third-order valence-electron chi connectivity index (χ3n) is 3.13. The van der Waals surface area contributed by atoms with Crippen LogP contribution < -0.4 is 5.32 Å². The highest BCUT2D eigenvalue weighted by Crippen LogP contribution is 2.13. The van der Waals surface area contributed by atoms with Crippen LogP contribution in [0.5, 0.6) is 0 Å². The number of hydrogen-bond acceptors (Lipinski definition) is 4. The van der Waals surface area contributed by atoms with E-state index in [1.807, 2.05) is 13.8 Å². The molecule has 1 rings (SSSR count). The van der Waals surface area contributed by atoms with Crippen LogP contribution in [-0.4, -0.2) is 69.5 Å². The monoisotopic (exact) mass is 279 g/mol. The molecule has 1 aliphatic rings. The Morgan fingerprint density at radius 2 is 2.11 bits per heavy atom. The minimum atomic E-state index is -3.37. The molecule has 1 heterocycles. The van der Waals surface area contributed by atoms with E-state index in [1.165, 1.54) is 4.31 Å². The zero-order valence-electron chi connectivity index (χ0n) is 11.6. The van der Waals surface area contributed by atoms with Crippen molar-refractivity contribution in [2.75, 3.05) is 46.4 Å². The molecule has 1 N–H and O–H groups in total. The Morgan fingerprint density at radius 3 is 2.72 bits per heavy atom. The van der Waals surface area contributed by atoms with Crippen LogP contribution in [0.15, 0.2) is 0 Å². The predicted octanol–water partition coefficient (Wildman–Crippen LogP) is -0.117. The summed E-state index contributed by atoms with van der Waals surface area (Å²) >= 11 is 0. The second kappa shape index (κ2) is 7.40. The Bertz CT molecular complexity index is 326. The summed E-state index contributed by atoms with van der Waals surface area (Å²) in [5, 5.41) is 3.21. The van der Waals surface area contributed by atoms with Crippen LogP contribution in [0, 0.1) is 0 Å². The average Bonchev–Trinajstić information content (AvgIpc) is 2.58. The maximum absolute atomic E-state index is 12.6. The smallest absolute Gasteiger partial charge is 0.282 e. The van der Waals surface area contributed by atoms with Crippen LogP contribution in [0.25, 0.3) is 0 Å². The van der Waals surface area contributed by atoms with Crippen LogP contribution in [-0.2, 0) is 14.9 Å². The zero-order valence-corrected chi connectivity index (χ0v) is 12.4. The molecular formula is C11H25N3O3S. The second-order valence-electron chi connectivity index (χ2n) is 4.52. The Morgan fingerprint density at radius 1 is 1.39 bits per heavy atom. The summed E-state index contributed by atoms with van der Waals surface area (Å²) in [6.45, 7) is 7.35. The molecule has 1 fully saturated rings. The number of hydrogen-bond donors (Lipinski definition) is 1. The van der Waals surface area contributed by atoms with E-state index in [0.29, 0.717) is 26.2 Å². The largest absolute Gasteiger partial charge is 0.383 e. The van der Waals surface area contributed by atoms with Crippen molar-refractivity contribution in [1.29, 1.82) is 0 Å². The molecular weight excluding hydrogens is 254 g/mol. The summed E-state index contributed by atoms with van der Waals surface area (Å²) in [4.78, 5) is 0. The fourth-order valence-electron chi connectivity index (χ4n) is 2.23. The van der Waals surface area contributed by atoms with Crippen LogP contribution >= 0.6 is 0 Å². The number of methoxy groups -OCH3 is 1. The van der Waals surface area contributed by atoms with Crippen molar-refractivity contribution < 1.29 is 13.2 Å². The molecule has 0 aromatic rings. The van der Waals surface area contributed by atoms with Gasteiger partial charge in [0.15, 0.2) is 0 Å². The van der Waals surface area contributed by atoms with Gasteiger partial charge in [0.25, 0.3) is 10.2 Å². The molecule has 7 heteroatoms. The molecule has 0 radical (unpaired) electrons. The Hall–Kier alpha value is -0.210. The first-order valence-electron chi connectivity index (χ1n) is 6.50. The van der Waals surface area contributed by atoms with Gasteiger partial charge in [-0.2, -0.15) is 17.0 Å². The van der Waals surface area contributed by atoms with Crippen molar-refractivity contribution in [3.8, 4) is 0 Å². The third-order valence-corrected chi connectivity index (χ3v) is 5.36. The summed E-state index contributed by atoms with van der Waals surface area (Å²) in [6.07, 6.45) is 0.857. The number of nitrogens with one attached hydrogen (secondary N) is 1. The van der Waals surface area contributed by atoms with E-state index in [1.54, 1.807) is 11.4 Å². The molecule has 18 heavy (non-hydrogen) atoms.